The molecule has 1 heterocycles. The summed E-state index contributed by atoms with van der Waals surface area (Å²) in [7, 11) is 0. The molecule has 1 N–H and O–H groups in total. The molecule has 0 aromatic heterocycles. The average Bonchev–Trinajstić information content (AvgIpc) is 2.09. The summed E-state index contributed by atoms with van der Waals surface area (Å²) in [4.78, 5) is 11.6. The number of carbonyl (C=O) groups is 1. The molecule has 80 valence electrons. The average molecular weight is 270 g/mol. The van der Waals surface area contributed by atoms with Crippen LogP contribution >= 0.6 is 15.9 Å². The van der Waals surface area contributed by atoms with Crippen LogP contribution in [0.1, 0.15) is 19.4 Å². The van der Waals surface area contributed by atoms with Crippen LogP contribution in [0.25, 0.3) is 0 Å². The van der Waals surface area contributed by atoms with E-state index >= 15 is 0 Å². The fourth-order valence-electron chi connectivity index (χ4n) is 1.53. The molecule has 0 fully saturated rings. The minimum Gasteiger partial charge on any atom is -0.476 e. The fourth-order valence-corrected chi connectivity index (χ4v) is 2.10. The first-order valence-electron chi connectivity index (χ1n) is 4.71. The molecule has 1 aliphatic heterocycles. The number of halogens is 1. The van der Waals surface area contributed by atoms with E-state index in [4.69, 9.17) is 4.74 Å². The van der Waals surface area contributed by atoms with Crippen molar-refractivity contribution >= 4 is 27.5 Å². The zero-order chi connectivity index (χ0) is 11.2. The molecule has 2 rings (SSSR count). The van der Waals surface area contributed by atoms with Crippen LogP contribution in [-0.4, -0.2) is 11.5 Å². The lowest BCUT2D eigenvalue weighted by atomic mass is 10.0. The minimum atomic E-state index is -0.800. The second-order valence-electron chi connectivity index (χ2n) is 4.17. The molecule has 0 spiro atoms. The van der Waals surface area contributed by atoms with Crippen LogP contribution in [-0.2, 0) is 4.79 Å². The highest BCUT2D eigenvalue weighted by molar-refractivity contribution is 9.10. The minimum absolute atomic E-state index is 0.118. The molecule has 0 saturated heterocycles. The summed E-state index contributed by atoms with van der Waals surface area (Å²) in [5, 5.41) is 2.84. The first kappa shape index (κ1) is 10.5. The molecule has 1 aliphatic rings. The van der Waals surface area contributed by atoms with E-state index in [-0.39, 0.29) is 5.91 Å². The summed E-state index contributed by atoms with van der Waals surface area (Å²) in [6.45, 7) is 5.47. The summed E-state index contributed by atoms with van der Waals surface area (Å²) in [5.41, 5.74) is 0.935. The first-order valence-corrected chi connectivity index (χ1v) is 5.50. The Hall–Kier alpha value is -1.03. The quantitative estimate of drug-likeness (QED) is 0.787. The number of nitrogens with one attached hydrogen (secondary N) is 1. The molecule has 15 heavy (non-hydrogen) atoms. The molecular weight excluding hydrogens is 258 g/mol. The van der Waals surface area contributed by atoms with E-state index in [0.29, 0.717) is 0 Å². The van der Waals surface area contributed by atoms with Crippen molar-refractivity contribution in [3.8, 4) is 5.75 Å². The van der Waals surface area contributed by atoms with Crippen molar-refractivity contribution in [3.05, 3.63) is 22.2 Å². The molecule has 1 aromatic rings. The van der Waals surface area contributed by atoms with Gasteiger partial charge >= 0.3 is 0 Å². The summed E-state index contributed by atoms with van der Waals surface area (Å²) < 4.78 is 6.62. The van der Waals surface area contributed by atoms with Crippen LogP contribution in [0.4, 0.5) is 5.69 Å². The van der Waals surface area contributed by atoms with Crippen LogP contribution < -0.4 is 10.1 Å². The Morgan fingerprint density at radius 2 is 2.07 bits per heavy atom. The summed E-state index contributed by atoms with van der Waals surface area (Å²) in [6, 6.07) is 3.81. The van der Waals surface area contributed by atoms with E-state index in [1.165, 1.54) is 0 Å². The van der Waals surface area contributed by atoms with Crippen LogP contribution in [0.2, 0.25) is 0 Å². The van der Waals surface area contributed by atoms with Gasteiger partial charge in [-0.05, 0) is 38.5 Å². The molecule has 1 aromatic carbocycles. The van der Waals surface area contributed by atoms with Crippen LogP contribution in [0.3, 0.4) is 0 Å². The summed E-state index contributed by atoms with van der Waals surface area (Å²) in [5.74, 6) is 0.635. The normalized spacial score (nSPS) is 17.7. The molecule has 0 unspecified atom stereocenters. The van der Waals surface area contributed by atoms with Gasteiger partial charge in [-0.15, -0.1) is 0 Å². The molecule has 0 aliphatic carbocycles. The van der Waals surface area contributed by atoms with E-state index in [9.17, 15) is 4.79 Å². The molecule has 1 amide bonds. The van der Waals surface area contributed by atoms with Gasteiger partial charge in [0.15, 0.2) is 5.60 Å². The molecule has 3 nitrogen and oxygen atoms in total. The van der Waals surface area contributed by atoms with Crippen molar-refractivity contribution in [1.82, 2.24) is 0 Å². The fraction of sp³-hybridized carbons (Fsp3) is 0.364. The predicted octanol–water partition coefficient (Wildman–Crippen LogP) is 2.87. The van der Waals surface area contributed by atoms with Crippen molar-refractivity contribution in [3.63, 3.8) is 0 Å². The zero-order valence-electron chi connectivity index (χ0n) is 8.85. The molecular formula is C11H12BrNO2. The highest BCUT2D eigenvalue weighted by atomic mass is 79.9. The second kappa shape index (κ2) is 3.23. The number of anilines is 1. The maximum Gasteiger partial charge on any atom is 0.268 e. The summed E-state index contributed by atoms with van der Waals surface area (Å²) in [6.07, 6.45) is 0. The number of rotatable bonds is 0. The van der Waals surface area contributed by atoms with Crippen LogP contribution in [0, 0.1) is 6.92 Å². The maximum atomic E-state index is 11.6. The Morgan fingerprint density at radius 3 is 2.73 bits per heavy atom. The van der Waals surface area contributed by atoms with E-state index in [0.717, 1.165) is 21.5 Å². The van der Waals surface area contributed by atoms with Gasteiger partial charge in [0.25, 0.3) is 5.91 Å². The van der Waals surface area contributed by atoms with Crippen molar-refractivity contribution < 1.29 is 9.53 Å². The van der Waals surface area contributed by atoms with Gasteiger partial charge < -0.3 is 10.1 Å². The number of amides is 1. The van der Waals surface area contributed by atoms with Crippen LogP contribution in [0.5, 0.6) is 5.75 Å². The second-order valence-corrected chi connectivity index (χ2v) is 5.08. The summed E-state index contributed by atoms with van der Waals surface area (Å²) >= 11 is 3.38. The number of carbonyl (C=O) groups excluding carboxylic acids is 1. The van der Waals surface area contributed by atoms with Crippen molar-refractivity contribution in [2.75, 3.05) is 5.32 Å². The number of hydrogen-bond acceptors (Lipinski definition) is 2. The standard InChI is InChI=1S/C11H12BrNO2/c1-6-4-7(12)5-8-9(6)15-11(2,3)10(14)13-8/h4-5H,1-3H3,(H,13,14). The van der Waals surface area contributed by atoms with E-state index in [1.807, 2.05) is 19.1 Å². The molecule has 0 saturated carbocycles. The van der Waals surface area contributed by atoms with Gasteiger partial charge in [0.05, 0.1) is 5.69 Å². The van der Waals surface area contributed by atoms with Gasteiger partial charge in [-0.25, -0.2) is 0 Å². The molecule has 4 heteroatoms. The lowest BCUT2D eigenvalue weighted by Crippen LogP contribution is -2.45. The van der Waals surface area contributed by atoms with Gasteiger partial charge in [-0.1, -0.05) is 15.9 Å². The van der Waals surface area contributed by atoms with E-state index in [2.05, 4.69) is 21.2 Å². The third-order valence-corrected chi connectivity index (χ3v) is 2.85. The van der Waals surface area contributed by atoms with Gasteiger partial charge in [0.2, 0.25) is 0 Å². The monoisotopic (exact) mass is 269 g/mol. The maximum absolute atomic E-state index is 11.6. The lowest BCUT2D eigenvalue weighted by Gasteiger charge is -2.32. The Balaban J connectivity index is 2.55. The Labute approximate surface area is 96.9 Å². The van der Waals surface area contributed by atoms with Gasteiger partial charge in [0.1, 0.15) is 5.75 Å². The highest BCUT2D eigenvalue weighted by Gasteiger charge is 2.36. The van der Waals surface area contributed by atoms with E-state index < -0.39 is 5.60 Å². The van der Waals surface area contributed by atoms with Crippen molar-refractivity contribution in [1.29, 1.82) is 0 Å². The number of ether oxygens (including phenoxy) is 1. The number of fused-ring (bicyclic) bond motifs is 1. The smallest absolute Gasteiger partial charge is 0.268 e. The molecule has 0 atom stereocenters. The number of aryl methyl sites for hydroxylation is 1. The first-order chi connectivity index (χ1) is 6.90. The number of hydrogen-bond donors (Lipinski definition) is 1. The molecule has 0 bridgehead atoms. The SMILES string of the molecule is Cc1cc(Br)cc2c1OC(C)(C)C(=O)N2. The number of benzene rings is 1. The van der Waals surface area contributed by atoms with E-state index in [1.54, 1.807) is 13.8 Å². The van der Waals surface area contributed by atoms with Crippen molar-refractivity contribution in [2.24, 2.45) is 0 Å². The Bertz CT molecular complexity index is 440. The predicted molar refractivity (Wildman–Crippen MR) is 62.2 cm³/mol. The van der Waals surface area contributed by atoms with Gasteiger partial charge in [-0.2, -0.15) is 0 Å². The largest absolute Gasteiger partial charge is 0.476 e. The Kier molecular flexibility index (Phi) is 2.26. The zero-order valence-corrected chi connectivity index (χ0v) is 10.4. The van der Waals surface area contributed by atoms with Crippen molar-refractivity contribution in [2.45, 2.75) is 26.4 Å². The third kappa shape index (κ3) is 1.74. The molecule has 0 radical (unpaired) electrons. The third-order valence-electron chi connectivity index (χ3n) is 2.39. The van der Waals surface area contributed by atoms with Crippen LogP contribution in [0.15, 0.2) is 16.6 Å². The lowest BCUT2D eigenvalue weighted by molar-refractivity contribution is -0.129. The van der Waals surface area contributed by atoms with Gasteiger partial charge in [0, 0.05) is 4.47 Å². The Morgan fingerprint density at radius 1 is 1.40 bits per heavy atom. The topological polar surface area (TPSA) is 38.3 Å². The van der Waals surface area contributed by atoms with Gasteiger partial charge in [-0.3, -0.25) is 4.79 Å². The highest BCUT2D eigenvalue weighted by Crippen LogP contribution is 2.38.